The number of ether oxygens (including phenoxy) is 1. The summed E-state index contributed by atoms with van der Waals surface area (Å²) in [5.74, 6) is -0.866. The normalized spacial score (nSPS) is 9.68. The zero-order chi connectivity index (χ0) is 13.8. The van der Waals surface area contributed by atoms with Crippen molar-refractivity contribution in [3.05, 3.63) is 47.7 Å². The maximum Gasteiger partial charge on any atom is 0.354 e. The van der Waals surface area contributed by atoms with Crippen molar-refractivity contribution in [2.45, 2.75) is 0 Å². The van der Waals surface area contributed by atoms with E-state index in [1.165, 1.54) is 13.2 Å². The molecule has 1 aromatic heterocycles. The van der Waals surface area contributed by atoms with Crippen molar-refractivity contribution in [2.24, 2.45) is 0 Å². The van der Waals surface area contributed by atoms with E-state index < -0.39 is 5.97 Å². The molecule has 0 aliphatic carbocycles. The van der Waals surface area contributed by atoms with Gasteiger partial charge in [-0.3, -0.25) is 0 Å². The molecular weight excluding hydrogens is 244 g/mol. The topological polar surface area (TPSA) is 83.2 Å². The third-order valence-electron chi connectivity index (χ3n) is 2.60. The van der Waals surface area contributed by atoms with Gasteiger partial charge in [-0.05, 0) is 29.8 Å². The number of methoxy groups -OCH3 is 1. The lowest BCUT2D eigenvalue weighted by atomic mass is 10.0. The zero-order valence-corrected chi connectivity index (χ0v) is 10.1. The summed E-state index contributed by atoms with van der Waals surface area (Å²) in [6, 6.07) is 12.0. The van der Waals surface area contributed by atoms with E-state index in [2.05, 4.69) is 4.98 Å². The number of benzene rings is 1. The molecule has 0 bridgehead atoms. The van der Waals surface area contributed by atoms with Crippen LogP contribution in [0.4, 0.5) is 0 Å². The van der Waals surface area contributed by atoms with Gasteiger partial charge in [-0.25, -0.2) is 9.78 Å². The van der Waals surface area contributed by atoms with Crippen LogP contribution in [0.1, 0.15) is 16.1 Å². The van der Waals surface area contributed by atoms with Gasteiger partial charge in [0.05, 0.1) is 18.7 Å². The number of nitriles is 1. The Morgan fingerprint density at radius 3 is 2.47 bits per heavy atom. The predicted molar refractivity (Wildman–Crippen MR) is 67.9 cm³/mol. The molecule has 0 atom stereocenters. The largest absolute Gasteiger partial charge is 0.481 e. The smallest absolute Gasteiger partial charge is 0.354 e. The fourth-order valence-electron chi connectivity index (χ4n) is 1.66. The van der Waals surface area contributed by atoms with E-state index in [1.54, 1.807) is 30.3 Å². The Kier molecular flexibility index (Phi) is 3.44. The molecule has 0 amide bonds. The molecule has 0 aliphatic heterocycles. The average molecular weight is 254 g/mol. The van der Waals surface area contributed by atoms with Crippen LogP contribution in [0.2, 0.25) is 0 Å². The van der Waals surface area contributed by atoms with Crippen LogP contribution in [-0.2, 0) is 0 Å². The van der Waals surface area contributed by atoms with Gasteiger partial charge in [0.25, 0.3) is 0 Å². The van der Waals surface area contributed by atoms with Gasteiger partial charge in [0.2, 0.25) is 5.88 Å². The molecule has 2 aromatic rings. The van der Waals surface area contributed by atoms with Crippen molar-refractivity contribution in [1.82, 2.24) is 4.98 Å². The number of pyridine rings is 1. The lowest BCUT2D eigenvalue weighted by Gasteiger charge is -2.08. The number of hydrogen-bond donors (Lipinski definition) is 1. The van der Waals surface area contributed by atoms with Crippen molar-refractivity contribution >= 4 is 5.97 Å². The summed E-state index contributed by atoms with van der Waals surface area (Å²) in [5.41, 5.74) is 1.96. The number of aromatic nitrogens is 1. The molecule has 0 saturated heterocycles. The minimum absolute atomic E-state index is 0.0748. The quantitative estimate of drug-likeness (QED) is 0.908. The highest BCUT2D eigenvalue weighted by Gasteiger charge is 2.12. The summed E-state index contributed by atoms with van der Waals surface area (Å²) >= 11 is 0. The third-order valence-corrected chi connectivity index (χ3v) is 2.60. The van der Waals surface area contributed by atoms with Gasteiger partial charge in [-0.1, -0.05) is 12.1 Å². The maximum atomic E-state index is 10.8. The molecule has 19 heavy (non-hydrogen) atoms. The predicted octanol–water partition coefficient (Wildman–Crippen LogP) is 2.33. The Labute approximate surface area is 109 Å². The van der Waals surface area contributed by atoms with Crippen LogP contribution in [0.3, 0.4) is 0 Å². The summed E-state index contributed by atoms with van der Waals surface area (Å²) in [6.07, 6.45) is 0. The third kappa shape index (κ3) is 2.53. The first-order valence-electron chi connectivity index (χ1n) is 5.44. The number of carboxylic acid groups (broad SMARTS) is 1. The lowest BCUT2D eigenvalue weighted by Crippen LogP contribution is -2.02. The molecule has 5 heteroatoms. The van der Waals surface area contributed by atoms with Gasteiger partial charge < -0.3 is 9.84 Å². The second kappa shape index (κ2) is 5.19. The summed E-state index contributed by atoms with van der Waals surface area (Å²) in [6.45, 7) is 0. The highest BCUT2D eigenvalue weighted by molar-refractivity contribution is 5.86. The Hall–Kier alpha value is -2.87. The molecule has 1 aromatic carbocycles. The van der Waals surface area contributed by atoms with Crippen LogP contribution in [0.15, 0.2) is 36.4 Å². The van der Waals surface area contributed by atoms with Crippen molar-refractivity contribution in [3.8, 4) is 23.1 Å². The fraction of sp³-hybridized carbons (Fsp3) is 0.0714. The second-order valence-electron chi connectivity index (χ2n) is 3.75. The molecule has 0 aliphatic rings. The fourth-order valence-corrected chi connectivity index (χ4v) is 1.66. The number of aromatic carboxylic acids is 1. The number of hydrogen-bond acceptors (Lipinski definition) is 4. The average Bonchev–Trinajstić information content (AvgIpc) is 2.46. The van der Waals surface area contributed by atoms with Crippen LogP contribution in [-0.4, -0.2) is 23.2 Å². The van der Waals surface area contributed by atoms with Crippen molar-refractivity contribution in [2.75, 3.05) is 7.11 Å². The summed E-state index contributed by atoms with van der Waals surface area (Å²) < 4.78 is 5.11. The Morgan fingerprint density at radius 1 is 1.26 bits per heavy atom. The van der Waals surface area contributed by atoms with Gasteiger partial charge in [-0.2, -0.15) is 5.26 Å². The number of rotatable bonds is 3. The zero-order valence-electron chi connectivity index (χ0n) is 10.1. The van der Waals surface area contributed by atoms with Gasteiger partial charge in [0.1, 0.15) is 0 Å². The molecule has 0 radical (unpaired) electrons. The Balaban J connectivity index is 2.49. The SMILES string of the molecule is COc1nc(C(=O)O)ccc1-c1ccc(C#N)cc1. The minimum Gasteiger partial charge on any atom is -0.481 e. The number of nitrogens with zero attached hydrogens (tertiary/aromatic N) is 2. The molecule has 0 unspecified atom stereocenters. The highest BCUT2D eigenvalue weighted by atomic mass is 16.5. The van der Waals surface area contributed by atoms with E-state index in [9.17, 15) is 4.79 Å². The molecule has 1 N–H and O–H groups in total. The van der Waals surface area contributed by atoms with Crippen LogP contribution in [0.5, 0.6) is 5.88 Å². The monoisotopic (exact) mass is 254 g/mol. The first-order valence-corrected chi connectivity index (χ1v) is 5.44. The standard InChI is InChI=1S/C14H10N2O3/c1-19-13-11(6-7-12(16-13)14(17)18)10-4-2-9(8-15)3-5-10/h2-7H,1H3,(H,17,18). The molecule has 5 nitrogen and oxygen atoms in total. The summed E-state index contributed by atoms with van der Waals surface area (Å²) in [7, 11) is 1.43. The van der Waals surface area contributed by atoms with Gasteiger partial charge >= 0.3 is 5.97 Å². The Bertz CT molecular complexity index is 657. The van der Waals surface area contributed by atoms with Crippen molar-refractivity contribution in [3.63, 3.8) is 0 Å². The molecule has 94 valence electrons. The van der Waals surface area contributed by atoms with Crippen LogP contribution in [0, 0.1) is 11.3 Å². The molecule has 2 rings (SSSR count). The Morgan fingerprint density at radius 2 is 1.95 bits per heavy atom. The molecular formula is C14H10N2O3. The lowest BCUT2D eigenvalue weighted by molar-refractivity contribution is 0.0689. The highest BCUT2D eigenvalue weighted by Crippen LogP contribution is 2.28. The molecule has 0 saturated carbocycles. The van der Waals surface area contributed by atoms with Crippen LogP contribution in [0.25, 0.3) is 11.1 Å². The van der Waals surface area contributed by atoms with E-state index in [1.807, 2.05) is 6.07 Å². The number of carboxylic acids is 1. The number of carbonyl (C=O) groups is 1. The van der Waals surface area contributed by atoms with Crippen molar-refractivity contribution < 1.29 is 14.6 Å². The minimum atomic E-state index is -1.11. The van der Waals surface area contributed by atoms with E-state index in [4.69, 9.17) is 15.1 Å². The summed E-state index contributed by atoms with van der Waals surface area (Å²) in [4.78, 5) is 14.8. The van der Waals surface area contributed by atoms with Crippen LogP contribution < -0.4 is 4.74 Å². The van der Waals surface area contributed by atoms with Gasteiger partial charge in [0.15, 0.2) is 5.69 Å². The van der Waals surface area contributed by atoms with Crippen molar-refractivity contribution in [1.29, 1.82) is 5.26 Å². The second-order valence-corrected chi connectivity index (χ2v) is 3.75. The van der Waals surface area contributed by atoms with E-state index in [0.29, 0.717) is 11.1 Å². The molecule has 0 fully saturated rings. The van der Waals surface area contributed by atoms with Crippen LogP contribution >= 0.6 is 0 Å². The molecule has 0 spiro atoms. The van der Waals surface area contributed by atoms with E-state index in [-0.39, 0.29) is 11.6 Å². The van der Waals surface area contributed by atoms with Gasteiger partial charge in [-0.15, -0.1) is 0 Å². The first-order chi connectivity index (χ1) is 9.15. The van der Waals surface area contributed by atoms with E-state index >= 15 is 0 Å². The van der Waals surface area contributed by atoms with E-state index in [0.717, 1.165) is 5.56 Å². The maximum absolute atomic E-state index is 10.8. The first kappa shape index (κ1) is 12.6. The van der Waals surface area contributed by atoms with Gasteiger partial charge in [0, 0.05) is 5.56 Å². The molecule has 1 heterocycles. The summed E-state index contributed by atoms with van der Waals surface area (Å²) in [5, 5.41) is 17.6.